The highest BCUT2D eigenvalue weighted by Gasteiger charge is 2.17. The monoisotopic (exact) mass is 364 g/mol. The fourth-order valence-electron chi connectivity index (χ4n) is 2.03. The highest BCUT2D eigenvalue weighted by Crippen LogP contribution is 2.17. The van der Waals surface area contributed by atoms with Gasteiger partial charge in [-0.05, 0) is 37.1 Å². The molecule has 25 heavy (non-hydrogen) atoms. The Bertz CT molecular complexity index is 755. The van der Waals surface area contributed by atoms with E-state index in [4.69, 9.17) is 16.3 Å². The molecule has 2 aromatic carbocycles. The Kier molecular flexibility index (Phi) is 6.77. The van der Waals surface area contributed by atoms with Crippen LogP contribution in [0.5, 0.6) is 5.75 Å². The Labute approximate surface area is 150 Å². The molecule has 0 bridgehead atoms. The summed E-state index contributed by atoms with van der Waals surface area (Å²) in [5.41, 5.74) is 5.40. The number of nitrogens with one attached hydrogen (secondary N) is 2. The first-order chi connectivity index (χ1) is 12.0. The van der Waals surface area contributed by atoms with Gasteiger partial charge in [0.15, 0.2) is 17.7 Å². The topological polar surface area (TPSA) is 67.4 Å². The van der Waals surface area contributed by atoms with E-state index in [0.717, 1.165) is 5.56 Å². The number of carbonyl (C=O) groups excluding carboxylic acids is 2. The van der Waals surface area contributed by atoms with Gasteiger partial charge >= 0.3 is 0 Å². The number of hydrazine groups is 1. The molecule has 0 spiro atoms. The molecule has 0 radical (unpaired) electrons. The summed E-state index contributed by atoms with van der Waals surface area (Å²) in [6, 6.07) is 13.0. The lowest BCUT2D eigenvalue weighted by atomic mass is 10.1. The molecule has 5 nitrogen and oxygen atoms in total. The Morgan fingerprint density at radius 1 is 1.12 bits per heavy atom. The van der Waals surface area contributed by atoms with E-state index < -0.39 is 17.8 Å². The second-order valence-corrected chi connectivity index (χ2v) is 5.73. The first-order valence-corrected chi connectivity index (χ1v) is 8.08. The van der Waals surface area contributed by atoms with Gasteiger partial charge in [-0.1, -0.05) is 41.9 Å². The summed E-state index contributed by atoms with van der Waals surface area (Å²) in [7, 11) is 0. The summed E-state index contributed by atoms with van der Waals surface area (Å²) in [5, 5.41) is 0.589. The molecule has 2 amide bonds. The summed E-state index contributed by atoms with van der Waals surface area (Å²) in [4.78, 5) is 23.7. The zero-order chi connectivity index (χ0) is 18.2. The maximum Gasteiger partial charge on any atom is 0.279 e. The van der Waals surface area contributed by atoms with Crippen LogP contribution in [0.2, 0.25) is 5.02 Å². The molecule has 2 N–H and O–H groups in total. The van der Waals surface area contributed by atoms with Crippen LogP contribution in [0.4, 0.5) is 4.39 Å². The van der Waals surface area contributed by atoms with E-state index in [-0.39, 0.29) is 18.1 Å². The number of ether oxygens (including phenoxy) is 1. The molecule has 2 aromatic rings. The van der Waals surface area contributed by atoms with Gasteiger partial charge in [-0.25, -0.2) is 4.39 Å². The molecular formula is C18H18ClFN2O3. The van der Waals surface area contributed by atoms with Crippen LogP contribution in [-0.2, 0) is 16.0 Å². The standard InChI is InChI=1S/C18H18ClFN2O3/c1-12(25-16-9-5-4-8-15(16)20)18(24)22-21-17(23)11-10-13-6-2-3-7-14(13)19/h2-9,12H,10-11H2,1H3,(H,21,23)(H,22,24). The maximum absolute atomic E-state index is 13.5. The number of amides is 2. The van der Waals surface area contributed by atoms with Gasteiger partial charge in [0.2, 0.25) is 5.91 Å². The molecule has 7 heteroatoms. The molecule has 0 aliphatic rings. The Morgan fingerprint density at radius 2 is 1.80 bits per heavy atom. The van der Waals surface area contributed by atoms with Crippen LogP contribution in [0, 0.1) is 5.82 Å². The fraction of sp³-hybridized carbons (Fsp3) is 0.222. The average Bonchev–Trinajstić information content (AvgIpc) is 2.60. The SMILES string of the molecule is CC(Oc1ccccc1F)C(=O)NNC(=O)CCc1ccccc1Cl. The lowest BCUT2D eigenvalue weighted by Crippen LogP contribution is -2.47. The quantitative estimate of drug-likeness (QED) is 0.774. The molecular weight excluding hydrogens is 347 g/mol. The molecule has 0 saturated carbocycles. The van der Waals surface area contributed by atoms with E-state index in [1.165, 1.54) is 25.1 Å². The van der Waals surface area contributed by atoms with Gasteiger partial charge in [-0.15, -0.1) is 0 Å². The van der Waals surface area contributed by atoms with Crippen molar-refractivity contribution in [1.29, 1.82) is 0 Å². The third-order valence-corrected chi connectivity index (χ3v) is 3.78. The van der Waals surface area contributed by atoms with E-state index in [2.05, 4.69) is 10.9 Å². The van der Waals surface area contributed by atoms with Crippen molar-refractivity contribution in [3.63, 3.8) is 0 Å². The van der Waals surface area contributed by atoms with E-state index in [0.29, 0.717) is 11.4 Å². The summed E-state index contributed by atoms with van der Waals surface area (Å²) < 4.78 is 18.7. The molecule has 0 saturated heterocycles. The number of aryl methyl sites for hydroxylation is 1. The molecule has 2 rings (SSSR count). The minimum Gasteiger partial charge on any atom is -0.478 e. The lowest BCUT2D eigenvalue weighted by Gasteiger charge is -2.15. The second kappa shape index (κ2) is 9.03. The molecule has 0 aliphatic heterocycles. The van der Waals surface area contributed by atoms with Crippen molar-refractivity contribution in [1.82, 2.24) is 10.9 Å². The van der Waals surface area contributed by atoms with Crippen molar-refractivity contribution in [2.45, 2.75) is 25.9 Å². The van der Waals surface area contributed by atoms with E-state index in [9.17, 15) is 14.0 Å². The number of benzene rings is 2. The summed E-state index contributed by atoms with van der Waals surface area (Å²) in [6.45, 7) is 1.46. The van der Waals surface area contributed by atoms with Gasteiger partial charge in [-0.3, -0.25) is 20.4 Å². The van der Waals surface area contributed by atoms with Crippen molar-refractivity contribution < 1.29 is 18.7 Å². The van der Waals surface area contributed by atoms with Gasteiger partial charge in [-0.2, -0.15) is 0 Å². The molecule has 1 atom stereocenters. The van der Waals surface area contributed by atoms with Gasteiger partial charge in [0.25, 0.3) is 5.91 Å². The maximum atomic E-state index is 13.5. The Morgan fingerprint density at radius 3 is 2.52 bits per heavy atom. The number of carbonyl (C=O) groups is 2. The van der Waals surface area contributed by atoms with Crippen LogP contribution in [0.1, 0.15) is 18.9 Å². The third kappa shape index (κ3) is 5.76. The first kappa shape index (κ1) is 18.7. The van der Waals surface area contributed by atoms with Crippen molar-refractivity contribution >= 4 is 23.4 Å². The minimum absolute atomic E-state index is 0.0322. The van der Waals surface area contributed by atoms with Gasteiger partial charge in [0.05, 0.1) is 0 Å². The zero-order valence-electron chi connectivity index (χ0n) is 13.6. The molecule has 132 valence electrons. The normalized spacial score (nSPS) is 11.5. The average molecular weight is 365 g/mol. The Hall–Kier alpha value is -2.60. The van der Waals surface area contributed by atoms with Crippen LogP contribution in [-0.4, -0.2) is 17.9 Å². The van der Waals surface area contributed by atoms with Crippen molar-refractivity contribution in [2.24, 2.45) is 0 Å². The number of para-hydroxylation sites is 1. The fourth-order valence-corrected chi connectivity index (χ4v) is 2.26. The van der Waals surface area contributed by atoms with E-state index >= 15 is 0 Å². The van der Waals surface area contributed by atoms with Crippen molar-refractivity contribution in [3.8, 4) is 5.75 Å². The summed E-state index contributed by atoms with van der Waals surface area (Å²) in [5.74, 6) is -1.55. The van der Waals surface area contributed by atoms with Crippen molar-refractivity contribution in [3.05, 3.63) is 64.9 Å². The van der Waals surface area contributed by atoms with E-state index in [1.54, 1.807) is 12.1 Å². The molecule has 1 unspecified atom stereocenters. The molecule has 0 aromatic heterocycles. The first-order valence-electron chi connectivity index (χ1n) is 7.70. The van der Waals surface area contributed by atoms with Crippen LogP contribution >= 0.6 is 11.6 Å². The second-order valence-electron chi connectivity index (χ2n) is 5.32. The molecule has 0 fully saturated rings. The number of rotatable bonds is 6. The van der Waals surface area contributed by atoms with Gasteiger partial charge < -0.3 is 4.74 Å². The number of hydrogen-bond acceptors (Lipinski definition) is 3. The van der Waals surface area contributed by atoms with Crippen LogP contribution in [0.15, 0.2) is 48.5 Å². The largest absolute Gasteiger partial charge is 0.478 e. The predicted molar refractivity (Wildman–Crippen MR) is 92.5 cm³/mol. The lowest BCUT2D eigenvalue weighted by molar-refractivity contribution is -0.132. The van der Waals surface area contributed by atoms with Gasteiger partial charge in [0, 0.05) is 11.4 Å². The van der Waals surface area contributed by atoms with Crippen LogP contribution in [0.3, 0.4) is 0 Å². The molecule has 0 heterocycles. The highest BCUT2D eigenvalue weighted by atomic mass is 35.5. The smallest absolute Gasteiger partial charge is 0.279 e. The predicted octanol–water partition coefficient (Wildman–Crippen LogP) is 3.03. The van der Waals surface area contributed by atoms with Crippen molar-refractivity contribution in [2.75, 3.05) is 0 Å². The summed E-state index contributed by atoms with van der Waals surface area (Å²) in [6.07, 6.45) is -0.365. The van der Waals surface area contributed by atoms with Crippen LogP contribution in [0.25, 0.3) is 0 Å². The minimum atomic E-state index is -0.972. The van der Waals surface area contributed by atoms with Crippen LogP contribution < -0.4 is 15.6 Å². The summed E-state index contributed by atoms with van der Waals surface area (Å²) >= 11 is 6.02. The third-order valence-electron chi connectivity index (χ3n) is 3.41. The zero-order valence-corrected chi connectivity index (χ0v) is 14.3. The molecule has 0 aliphatic carbocycles. The van der Waals surface area contributed by atoms with Gasteiger partial charge in [0.1, 0.15) is 0 Å². The highest BCUT2D eigenvalue weighted by molar-refractivity contribution is 6.31. The Balaban J connectivity index is 1.76. The number of hydrogen-bond donors (Lipinski definition) is 2. The number of halogens is 2. The van der Waals surface area contributed by atoms with E-state index in [1.807, 2.05) is 18.2 Å².